The van der Waals surface area contributed by atoms with Crippen molar-refractivity contribution in [3.05, 3.63) is 90.2 Å². The zero-order valence-corrected chi connectivity index (χ0v) is 20.3. The minimum absolute atomic E-state index is 0.396. The molecule has 3 aromatic carbocycles. The van der Waals surface area contributed by atoms with Gasteiger partial charge in [0.15, 0.2) is 0 Å². The summed E-state index contributed by atoms with van der Waals surface area (Å²) in [6.07, 6.45) is 5.33. The first-order chi connectivity index (χ1) is 17.2. The van der Waals surface area contributed by atoms with E-state index in [-0.39, 0.29) is 0 Å². The number of unbranched alkanes of at least 4 members (excludes halogenated alkanes) is 2. The first kappa shape index (κ1) is 24.3. The molecule has 0 saturated carbocycles. The van der Waals surface area contributed by atoms with Gasteiger partial charge in [-0.1, -0.05) is 56.1 Å². The van der Waals surface area contributed by atoms with E-state index < -0.39 is 5.97 Å². The number of ether oxygens (including phenoxy) is 2. The minimum atomic E-state index is -0.396. The number of rotatable bonds is 11. The maximum atomic E-state index is 12.6. The third-order valence-corrected chi connectivity index (χ3v) is 5.73. The van der Waals surface area contributed by atoms with Crippen LogP contribution in [-0.2, 0) is 6.42 Å². The van der Waals surface area contributed by atoms with Gasteiger partial charge in [-0.15, -0.1) is 0 Å². The number of aryl methyl sites for hydroxylation is 1. The molecule has 0 aliphatic rings. The Hall–Kier alpha value is -3.86. The topological polar surface area (TPSA) is 61.6 Å². The first-order valence-electron chi connectivity index (χ1n) is 12.3. The van der Waals surface area contributed by atoms with Crippen molar-refractivity contribution in [2.24, 2.45) is 0 Å². The summed E-state index contributed by atoms with van der Waals surface area (Å²) in [4.78, 5) is 12.6. The van der Waals surface area contributed by atoms with Crippen molar-refractivity contribution < 1.29 is 18.8 Å². The normalized spacial score (nSPS) is 10.8. The van der Waals surface area contributed by atoms with Crippen molar-refractivity contribution >= 4 is 5.97 Å². The molecule has 0 aliphatic carbocycles. The highest BCUT2D eigenvalue weighted by Gasteiger charge is 2.11. The van der Waals surface area contributed by atoms with Crippen LogP contribution in [0.15, 0.2) is 83.4 Å². The quantitative estimate of drug-likeness (QED) is 0.128. The second kappa shape index (κ2) is 12.0. The maximum absolute atomic E-state index is 12.6. The van der Waals surface area contributed by atoms with Crippen molar-refractivity contribution in [2.45, 2.75) is 46.0 Å². The zero-order chi connectivity index (χ0) is 24.5. The molecule has 35 heavy (non-hydrogen) atoms. The molecule has 0 radical (unpaired) electrons. The summed E-state index contributed by atoms with van der Waals surface area (Å²) in [7, 11) is 0. The summed E-state index contributed by atoms with van der Waals surface area (Å²) < 4.78 is 16.6. The average molecular weight is 470 g/mol. The van der Waals surface area contributed by atoms with Crippen molar-refractivity contribution in [1.82, 2.24) is 5.16 Å². The maximum Gasteiger partial charge on any atom is 0.343 e. The highest BCUT2D eigenvalue weighted by Crippen LogP contribution is 2.25. The van der Waals surface area contributed by atoms with E-state index in [1.54, 1.807) is 24.3 Å². The minimum Gasteiger partial charge on any atom is -0.494 e. The third kappa shape index (κ3) is 6.60. The summed E-state index contributed by atoms with van der Waals surface area (Å²) in [6, 6.07) is 24.6. The van der Waals surface area contributed by atoms with Crippen molar-refractivity contribution in [3.8, 4) is 33.9 Å². The molecule has 180 valence electrons. The van der Waals surface area contributed by atoms with Crippen LogP contribution >= 0.6 is 0 Å². The summed E-state index contributed by atoms with van der Waals surface area (Å²) >= 11 is 0. The largest absolute Gasteiger partial charge is 0.494 e. The van der Waals surface area contributed by atoms with Gasteiger partial charge in [-0.25, -0.2) is 4.79 Å². The van der Waals surface area contributed by atoms with E-state index in [1.807, 2.05) is 54.6 Å². The molecule has 0 saturated heterocycles. The van der Waals surface area contributed by atoms with E-state index in [0.717, 1.165) is 53.2 Å². The summed E-state index contributed by atoms with van der Waals surface area (Å²) in [5.41, 5.74) is 4.29. The molecule has 0 aliphatic heterocycles. The second-order valence-electron chi connectivity index (χ2n) is 8.50. The van der Waals surface area contributed by atoms with Crippen molar-refractivity contribution in [1.29, 1.82) is 0 Å². The highest BCUT2D eigenvalue weighted by molar-refractivity contribution is 5.91. The lowest BCUT2D eigenvalue weighted by molar-refractivity contribution is 0.0735. The molecule has 1 heterocycles. The number of carbonyl (C=O) groups is 1. The Morgan fingerprint density at radius 1 is 0.771 bits per heavy atom. The number of esters is 1. The Bertz CT molecular complexity index is 1210. The number of hydrogen-bond acceptors (Lipinski definition) is 5. The van der Waals surface area contributed by atoms with E-state index in [4.69, 9.17) is 14.0 Å². The molecular weight excluding hydrogens is 438 g/mol. The van der Waals surface area contributed by atoms with E-state index >= 15 is 0 Å². The fourth-order valence-electron chi connectivity index (χ4n) is 3.74. The van der Waals surface area contributed by atoms with Gasteiger partial charge >= 0.3 is 5.97 Å². The zero-order valence-electron chi connectivity index (χ0n) is 20.3. The molecule has 1 aromatic heterocycles. The fraction of sp³-hybridized carbons (Fsp3) is 0.267. The number of nitrogens with zero attached hydrogens (tertiary/aromatic N) is 1. The van der Waals surface area contributed by atoms with Crippen LogP contribution < -0.4 is 9.47 Å². The van der Waals surface area contributed by atoms with E-state index in [9.17, 15) is 4.79 Å². The number of carbonyl (C=O) groups excluding carboxylic acids is 1. The molecule has 0 amide bonds. The Morgan fingerprint density at radius 3 is 2.06 bits per heavy atom. The smallest absolute Gasteiger partial charge is 0.343 e. The van der Waals surface area contributed by atoms with Crippen LogP contribution in [0.1, 0.15) is 55.6 Å². The van der Waals surface area contributed by atoms with E-state index in [0.29, 0.717) is 17.9 Å². The van der Waals surface area contributed by atoms with Crippen molar-refractivity contribution in [3.63, 3.8) is 0 Å². The lowest BCUT2D eigenvalue weighted by atomic mass is 10.0. The van der Waals surface area contributed by atoms with Crippen LogP contribution in [0.3, 0.4) is 0 Å². The average Bonchev–Trinajstić information content (AvgIpc) is 3.37. The first-order valence-corrected chi connectivity index (χ1v) is 12.3. The molecule has 4 rings (SSSR count). The van der Waals surface area contributed by atoms with Gasteiger partial charge < -0.3 is 14.0 Å². The second-order valence-corrected chi connectivity index (χ2v) is 8.50. The lowest BCUT2D eigenvalue weighted by Crippen LogP contribution is -2.08. The summed E-state index contributed by atoms with van der Waals surface area (Å²) in [5, 5.41) is 4.16. The third-order valence-electron chi connectivity index (χ3n) is 5.73. The predicted octanol–water partition coefficient (Wildman–Crippen LogP) is 7.75. The summed E-state index contributed by atoms with van der Waals surface area (Å²) in [5.74, 6) is 1.84. The molecule has 0 atom stereocenters. The number of benzene rings is 3. The van der Waals surface area contributed by atoms with Gasteiger partial charge in [0.2, 0.25) is 0 Å². The molecule has 4 aromatic rings. The van der Waals surface area contributed by atoms with Gasteiger partial charge in [0.05, 0.1) is 12.2 Å². The number of aromatic nitrogens is 1. The van der Waals surface area contributed by atoms with Gasteiger partial charge in [-0.05, 0) is 72.5 Å². The molecule has 0 spiro atoms. The van der Waals surface area contributed by atoms with Gasteiger partial charge in [0, 0.05) is 18.1 Å². The molecule has 5 heteroatoms. The molecular formula is C30H31NO4. The Balaban J connectivity index is 1.34. The molecule has 0 fully saturated rings. The standard InChI is InChI=1S/C30H31NO4/c1-3-5-6-7-28-21-29(31-35-28)24-14-18-27(19-15-24)34-30(32)25-10-8-22(9-11-25)23-12-16-26(17-13-23)33-20-4-2/h8-19,21H,3-7,20H2,1-2H3. The molecule has 0 N–H and O–H groups in total. The van der Waals surface area contributed by atoms with Crippen molar-refractivity contribution in [2.75, 3.05) is 6.61 Å². The van der Waals surface area contributed by atoms with Crippen LogP contribution in [0.25, 0.3) is 22.4 Å². The Morgan fingerprint density at radius 2 is 1.40 bits per heavy atom. The van der Waals surface area contributed by atoms with Crippen LogP contribution in [0.4, 0.5) is 0 Å². The van der Waals surface area contributed by atoms with Gasteiger partial charge in [-0.3, -0.25) is 0 Å². The Labute approximate surface area is 206 Å². The van der Waals surface area contributed by atoms with Gasteiger partial charge in [0.25, 0.3) is 0 Å². The van der Waals surface area contributed by atoms with E-state index in [1.165, 1.54) is 12.8 Å². The predicted molar refractivity (Wildman–Crippen MR) is 138 cm³/mol. The van der Waals surface area contributed by atoms with Crippen LogP contribution in [0.5, 0.6) is 11.5 Å². The molecule has 0 bridgehead atoms. The highest BCUT2D eigenvalue weighted by atomic mass is 16.5. The van der Waals surface area contributed by atoms with Gasteiger partial charge in [0.1, 0.15) is 23.0 Å². The Kier molecular flexibility index (Phi) is 8.34. The van der Waals surface area contributed by atoms with Gasteiger partial charge in [-0.2, -0.15) is 0 Å². The SMILES string of the molecule is CCCCCc1cc(-c2ccc(OC(=O)c3ccc(-c4ccc(OCCC)cc4)cc3)cc2)no1. The summed E-state index contributed by atoms with van der Waals surface area (Å²) in [6.45, 7) is 4.97. The van der Waals surface area contributed by atoms with Crippen LogP contribution in [-0.4, -0.2) is 17.7 Å². The van der Waals surface area contributed by atoms with E-state index in [2.05, 4.69) is 19.0 Å². The van der Waals surface area contributed by atoms with Crippen LogP contribution in [0.2, 0.25) is 0 Å². The van der Waals surface area contributed by atoms with Crippen LogP contribution in [0, 0.1) is 0 Å². The number of hydrogen-bond donors (Lipinski definition) is 0. The molecule has 0 unspecified atom stereocenters. The molecule has 5 nitrogen and oxygen atoms in total. The fourth-order valence-corrected chi connectivity index (χ4v) is 3.74. The lowest BCUT2D eigenvalue weighted by Gasteiger charge is -2.08. The monoisotopic (exact) mass is 469 g/mol.